The number of carbonyl (C=O) groups is 1. The van der Waals surface area contributed by atoms with Gasteiger partial charge in [-0.2, -0.15) is 0 Å². The normalized spacial score (nSPS) is 11.1. The number of carbonyl (C=O) groups excluding carboxylic acids is 1. The summed E-state index contributed by atoms with van der Waals surface area (Å²) in [5.74, 6) is 2.29. The molecule has 0 aliphatic heterocycles. The van der Waals surface area contributed by atoms with Crippen LogP contribution in [0.2, 0.25) is 0 Å². The van der Waals surface area contributed by atoms with Crippen molar-refractivity contribution >= 4 is 28.5 Å². The van der Waals surface area contributed by atoms with Gasteiger partial charge in [0.25, 0.3) is 0 Å². The lowest BCUT2D eigenvalue weighted by Crippen LogP contribution is -2.29. The van der Waals surface area contributed by atoms with E-state index >= 15 is 0 Å². The van der Waals surface area contributed by atoms with E-state index in [1.165, 1.54) is 0 Å². The Morgan fingerprint density at radius 2 is 1.37 bits per heavy atom. The fraction of sp³-hybridized carbons (Fsp3) is 0.321. The van der Waals surface area contributed by atoms with Crippen LogP contribution in [-0.4, -0.2) is 55.3 Å². The zero-order chi connectivity index (χ0) is 25.4. The zero-order valence-electron chi connectivity index (χ0n) is 20.6. The Hall–Kier alpha value is -2.78. The van der Waals surface area contributed by atoms with Gasteiger partial charge in [0, 0.05) is 13.6 Å². The summed E-state index contributed by atoms with van der Waals surface area (Å²) in [7, 11) is 6.70. The number of halogens is 1. The third kappa shape index (κ3) is 6.08. The molecule has 7 heteroatoms. The van der Waals surface area contributed by atoms with Gasteiger partial charge in [-0.25, -0.2) is 0 Å². The number of aryl methyl sites for hydroxylation is 1. The first-order chi connectivity index (χ1) is 16.9. The lowest BCUT2D eigenvalue weighted by molar-refractivity contribution is -0.126. The van der Waals surface area contributed by atoms with E-state index in [0.29, 0.717) is 40.0 Å². The fourth-order valence-electron chi connectivity index (χ4n) is 4.10. The van der Waals surface area contributed by atoms with Gasteiger partial charge in [-0.1, -0.05) is 52.9 Å². The van der Waals surface area contributed by atoms with Crippen LogP contribution in [-0.2, 0) is 16.8 Å². The summed E-state index contributed by atoms with van der Waals surface area (Å²) in [6, 6.07) is 20.6. The number of ether oxygens (including phenoxy) is 3. The SMILES string of the molecule is COc1ccc(C(O)(c2ccc(OC)cc2)c2ccc(OC)c(CCCN(C)C(=O)CI)c2)cc1. The van der Waals surface area contributed by atoms with Crippen LogP contribution in [0.4, 0.5) is 0 Å². The van der Waals surface area contributed by atoms with Crippen molar-refractivity contribution in [2.24, 2.45) is 0 Å². The highest BCUT2D eigenvalue weighted by molar-refractivity contribution is 14.1. The quantitative estimate of drug-likeness (QED) is 0.197. The standard InChI is InChI=1S/C28H32INO5/c1-30(27(31)19-29)17-5-6-20-18-23(11-16-26(20)35-4)28(32,21-7-12-24(33-2)13-8-21)22-9-14-25(34-3)15-10-22/h7-16,18,32H,5-6,17,19H2,1-4H3. The molecule has 3 aromatic rings. The predicted octanol–water partition coefficient (Wildman–Crippen LogP) is 4.82. The number of alkyl halides is 1. The van der Waals surface area contributed by atoms with Crippen molar-refractivity contribution in [3.05, 3.63) is 89.0 Å². The number of rotatable bonds is 11. The second-order valence-corrected chi connectivity index (χ2v) is 9.01. The van der Waals surface area contributed by atoms with Crippen molar-refractivity contribution in [2.75, 3.05) is 39.3 Å². The van der Waals surface area contributed by atoms with E-state index < -0.39 is 5.60 Å². The number of amides is 1. The largest absolute Gasteiger partial charge is 0.497 e. The van der Waals surface area contributed by atoms with Gasteiger partial charge < -0.3 is 24.2 Å². The number of nitrogens with zero attached hydrogens (tertiary/aromatic N) is 1. The molecule has 3 aromatic carbocycles. The van der Waals surface area contributed by atoms with Crippen molar-refractivity contribution in [3.63, 3.8) is 0 Å². The van der Waals surface area contributed by atoms with E-state index in [0.717, 1.165) is 23.3 Å². The molecule has 0 aliphatic carbocycles. The molecule has 0 saturated heterocycles. The maximum atomic E-state index is 12.3. The molecule has 0 bridgehead atoms. The monoisotopic (exact) mass is 589 g/mol. The number of methoxy groups -OCH3 is 3. The van der Waals surface area contributed by atoms with E-state index in [9.17, 15) is 9.90 Å². The first-order valence-corrected chi connectivity index (χ1v) is 12.9. The van der Waals surface area contributed by atoms with Gasteiger partial charge in [0.05, 0.1) is 25.8 Å². The van der Waals surface area contributed by atoms with E-state index in [4.69, 9.17) is 14.2 Å². The molecule has 3 rings (SSSR count). The van der Waals surface area contributed by atoms with Crippen LogP contribution in [0.1, 0.15) is 28.7 Å². The van der Waals surface area contributed by atoms with Crippen LogP contribution in [0, 0.1) is 0 Å². The maximum Gasteiger partial charge on any atom is 0.232 e. The van der Waals surface area contributed by atoms with Gasteiger partial charge >= 0.3 is 0 Å². The summed E-state index contributed by atoms with van der Waals surface area (Å²) in [5.41, 5.74) is 1.72. The van der Waals surface area contributed by atoms with Gasteiger partial charge in [0.15, 0.2) is 0 Å². The number of aliphatic hydroxyl groups is 1. The molecule has 35 heavy (non-hydrogen) atoms. The first kappa shape index (κ1) is 26.8. The highest BCUT2D eigenvalue weighted by atomic mass is 127. The third-order valence-electron chi connectivity index (χ3n) is 6.19. The Labute approximate surface area is 221 Å². The molecule has 1 amide bonds. The number of hydrogen-bond acceptors (Lipinski definition) is 5. The summed E-state index contributed by atoms with van der Waals surface area (Å²) in [4.78, 5) is 13.7. The number of hydrogen-bond donors (Lipinski definition) is 1. The molecule has 186 valence electrons. The van der Waals surface area contributed by atoms with Crippen LogP contribution >= 0.6 is 22.6 Å². The number of benzene rings is 3. The molecule has 1 N–H and O–H groups in total. The summed E-state index contributed by atoms with van der Waals surface area (Å²) in [6.07, 6.45) is 1.49. The summed E-state index contributed by atoms with van der Waals surface area (Å²) < 4.78 is 16.7. The van der Waals surface area contributed by atoms with Crippen molar-refractivity contribution in [2.45, 2.75) is 18.4 Å². The van der Waals surface area contributed by atoms with Crippen LogP contribution in [0.25, 0.3) is 0 Å². The molecule has 6 nitrogen and oxygen atoms in total. The van der Waals surface area contributed by atoms with E-state index in [-0.39, 0.29) is 5.91 Å². The Morgan fingerprint density at radius 3 is 1.83 bits per heavy atom. The second kappa shape index (κ2) is 12.3. The van der Waals surface area contributed by atoms with E-state index in [1.54, 1.807) is 26.2 Å². The van der Waals surface area contributed by atoms with Gasteiger partial charge in [0.1, 0.15) is 22.8 Å². The molecule has 0 fully saturated rings. The molecule has 0 saturated carbocycles. The topological polar surface area (TPSA) is 68.2 Å². The van der Waals surface area contributed by atoms with Crippen LogP contribution < -0.4 is 14.2 Å². The molecule has 0 atom stereocenters. The molecule has 0 aromatic heterocycles. The average Bonchev–Trinajstić information content (AvgIpc) is 2.92. The molecule has 0 spiro atoms. The summed E-state index contributed by atoms with van der Waals surface area (Å²) in [5, 5.41) is 12.3. The Bertz CT molecular complexity index is 1070. The zero-order valence-corrected chi connectivity index (χ0v) is 22.7. The van der Waals surface area contributed by atoms with Gasteiger partial charge in [-0.05, 0) is 71.5 Å². The van der Waals surface area contributed by atoms with Crippen molar-refractivity contribution < 1.29 is 24.1 Å². The Balaban J connectivity index is 2.03. The van der Waals surface area contributed by atoms with Gasteiger partial charge in [0.2, 0.25) is 5.91 Å². The third-order valence-corrected chi connectivity index (χ3v) is 6.85. The van der Waals surface area contributed by atoms with E-state index in [1.807, 2.05) is 73.8 Å². The molecular formula is C28H32INO5. The predicted molar refractivity (Wildman–Crippen MR) is 146 cm³/mol. The minimum atomic E-state index is -1.41. The average molecular weight is 589 g/mol. The second-order valence-electron chi connectivity index (χ2n) is 8.25. The van der Waals surface area contributed by atoms with Crippen molar-refractivity contribution in [1.29, 1.82) is 0 Å². The maximum absolute atomic E-state index is 12.3. The van der Waals surface area contributed by atoms with E-state index in [2.05, 4.69) is 22.6 Å². The molecule has 0 heterocycles. The lowest BCUT2D eigenvalue weighted by Gasteiger charge is -2.31. The molecule has 0 aliphatic rings. The molecular weight excluding hydrogens is 557 g/mol. The van der Waals surface area contributed by atoms with Crippen LogP contribution in [0.3, 0.4) is 0 Å². The summed E-state index contributed by atoms with van der Waals surface area (Å²) in [6.45, 7) is 0.649. The Morgan fingerprint density at radius 1 is 0.857 bits per heavy atom. The highest BCUT2D eigenvalue weighted by Gasteiger charge is 2.34. The highest BCUT2D eigenvalue weighted by Crippen LogP contribution is 2.39. The van der Waals surface area contributed by atoms with Crippen LogP contribution in [0.15, 0.2) is 66.7 Å². The van der Waals surface area contributed by atoms with Gasteiger partial charge in [-0.3, -0.25) is 4.79 Å². The molecule has 0 unspecified atom stereocenters. The van der Waals surface area contributed by atoms with Crippen LogP contribution in [0.5, 0.6) is 17.2 Å². The van der Waals surface area contributed by atoms with Crippen molar-refractivity contribution in [3.8, 4) is 17.2 Å². The first-order valence-electron chi connectivity index (χ1n) is 11.4. The smallest absolute Gasteiger partial charge is 0.232 e. The molecule has 0 radical (unpaired) electrons. The minimum Gasteiger partial charge on any atom is -0.497 e. The van der Waals surface area contributed by atoms with Crippen molar-refractivity contribution in [1.82, 2.24) is 4.90 Å². The Kier molecular flexibility index (Phi) is 9.40. The summed E-state index contributed by atoms with van der Waals surface area (Å²) >= 11 is 2.08. The minimum absolute atomic E-state index is 0.111. The van der Waals surface area contributed by atoms with Gasteiger partial charge in [-0.15, -0.1) is 0 Å². The fourth-order valence-corrected chi connectivity index (χ4v) is 4.68. The lowest BCUT2D eigenvalue weighted by atomic mass is 9.79.